The molecule has 1 aromatic rings. The molecule has 1 heterocycles. The highest BCUT2D eigenvalue weighted by molar-refractivity contribution is 5.97. The van der Waals surface area contributed by atoms with Crippen molar-refractivity contribution in [3.05, 3.63) is 45.9 Å². The second-order valence-electron chi connectivity index (χ2n) is 4.93. The number of rotatable bonds is 5. The van der Waals surface area contributed by atoms with Crippen LogP contribution in [0.2, 0.25) is 0 Å². The Hall–Kier alpha value is -1.68. The van der Waals surface area contributed by atoms with E-state index in [0.717, 1.165) is 30.7 Å². The van der Waals surface area contributed by atoms with Crippen LogP contribution in [-0.2, 0) is 13.0 Å². The molecule has 0 atom stereocenters. The highest BCUT2D eigenvalue weighted by Gasteiger charge is 2.20. The maximum atomic E-state index is 12.0. The number of ketones is 1. The van der Waals surface area contributed by atoms with Crippen molar-refractivity contribution in [2.24, 2.45) is 0 Å². The second kappa shape index (κ2) is 5.97. The Bertz CT molecular complexity index is 558. The third kappa shape index (κ3) is 3.01. The molecule has 1 aliphatic carbocycles. The highest BCUT2D eigenvalue weighted by atomic mass is 16.1. The van der Waals surface area contributed by atoms with E-state index in [0.29, 0.717) is 25.1 Å². The summed E-state index contributed by atoms with van der Waals surface area (Å²) in [6.07, 6.45) is 2.21. The summed E-state index contributed by atoms with van der Waals surface area (Å²) in [4.78, 5) is 23.9. The first-order valence-electron chi connectivity index (χ1n) is 6.76. The summed E-state index contributed by atoms with van der Waals surface area (Å²) in [6.45, 7) is 8.08. The summed E-state index contributed by atoms with van der Waals surface area (Å²) in [5.41, 5.74) is 2.49. The molecule has 4 nitrogen and oxygen atoms in total. The Kier molecular flexibility index (Phi) is 4.32. The number of nitrogens with zero attached hydrogens (tertiary/aromatic N) is 1. The van der Waals surface area contributed by atoms with Crippen molar-refractivity contribution in [3.63, 3.8) is 0 Å². The van der Waals surface area contributed by atoms with E-state index in [9.17, 15) is 9.59 Å². The molecule has 2 rings (SSSR count). The molecular formula is C15H20N2O2. The molecule has 0 aliphatic heterocycles. The minimum absolute atomic E-state index is 0.0499. The number of likely N-dealkylation sites (N-methyl/N-ethyl adjacent to an activating group) is 1. The fraction of sp³-hybridized carbons (Fsp3) is 0.467. The van der Waals surface area contributed by atoms with Gasteiger partial charge in [-0.2, -0.15) is 0 Å². The molecule has 1 aliphatic rings. The number of Topliss-reactive ketones (excluding diaryl/α,β-unsaturated/α-hetero) is 1. The molecule has 0 aromatic carbocycles. The van der Waals surface area contributed by atoms with Gasteiger partial charge in [-0.3, -0.25) is 9.59 Å². The summed E-state index contributed by atoms with van der Waals surface area (Å²) in [5, 5.41) is 3.19. The SMILES string of the molecule is C=C(CNCC)Cn1c2c(ccc1=O)C(=O)CCC2. The molecule has 4 heteroatoms. The van der Waals surface area contributed by atoms with Gasteiger partial charge in [0.05, 0.1) is 0 Å². The maximum Gasteiger partial charge on any atom is 0.251 e. The number of carbonyl (C=O) groups is 1. The number of aromatic nitrogens is 1. The number of hydrogen-bond donors (Lipinski definition) is 1. The van der Waals surface area contributed by atoms with Crippen molar-refractivity contribution in [1.29, 1.82) is 0 Å². The molecule has 0 unspecified atom stereocenters. The first kappa shape index (κ1) is 13.7. The molecule has 1 N–H and O–H groups in total. The van der Waals surface area contributed by atoms with E-state index in [4.69, 9.17) is 0 Å². The predicted molar refractivity (Wildman–Crippen MR) is 75.7 cm³/mol. The normalized spacial score (nSPS) is 14.3. The Morgan fingerprint density at radius 2 is 2.16 bits per heavy atom. The Morgan fingerprint density at radius 1 is 1.37 bits per heavy atom. The first-order valence-corrected chi connectivity index (χ1v) is 6.76. The van der Waals surface area contributed by atoms with E-state index in [1.807, 2.05) is 6.92 Å². The number of nitrogens with one attached hydrogen (secondary N) is 1. The molecule has 0 radical (unpaired) electrons. The summed E-state index contributed by atoms with van der Waals surface area (Å²) in [5.74, 6) is 0.146. The van der Waals surface area contributed by atoms with Gasteiger partial charge >= 0.3 is 0 Å². The van der Waals surface area contributed by atoms with Gasteiger partial charge in [-0.15, -0.1) is 0 Å². The number of hydrogen-bond acceptors (Lipinski definition) is 3. The average molecular weight is 260 g/mol. The molecule has 0 spiro atoms. The molecule has 0 saturated carbocycles. The van der Waals surface area contributed by atoms with Gasteiger partial charge in [0.25, 0.3) is 5.56 Å². The standard InChI is InChI=1S/C15H20N2O2/c1-3-16-9-11(2)10-17-13-5-4-6-14(18)12(13)7-8-15(17)19/h7-8,16H,2-6,9-10H2,1H3. The molecular weight excluding hydrogens is 240 g/mol. The number of carbonyl (C=O) groups excluding carboxylic acids is 1. The zero-order chi connectivity index (χ0) is 13.8. The lowest BCUT2D eigenvalue weighted by atomic mass is 9.94. The van der Waals surface area contributed by atoms with Gasteiger partial charge in [-0.25, -0.2) is 0 Å². The van der Waals surface area contributed by atoms with E-state index in [2.05, 4.69) is 11.9 Å². The highest BCUT2D eigenvalue weighted by Crippen LogP contribution is 2.20. The molecule has 0 bridgehead atoms. The molecule has 0 fully saturated rings. The van der Waals surface area contributed by atoms with Crippen LogP contribution in [0.1, 0.15) is 35.8 Å². The zero-order valence-electron chi connectivity index (χ0n) is 11.4. The molecule has 1 aromatic heterocycles. The van der Waals surface area contributed by atoms with Crippen molar-refractivity contribution in [2.45, 2.75) is 32.7 Å². The van der Waals surface area contributed by atoms with Crippen LogP contribution in [0.15, 0.2) is 29.1 Å². The van der Waals surface area contributed by atoms with E-state index in [1.165, 1.54) is 6.07 Å². The number of fused-ring (bicyclic) bond motifs is 1. The van der Waals surface area contributed by atoms with Gasteiger partial charge in [0.2, 0.25) is 0 Å². The maximum absolute atomic E-state index is 12.0. The summed E-state index contributed by atoms with van der Waals surface area (Å²) in [6, 6.07) is 3.16. The lowest BCUT2D eigenvalue weighted by molar-refractivity contribution is 0.0970. The van der Waals surface area contributed by atoms with Gasteiger partial charge in [-0.05, 0) is 31.0 Å². The molecule has 0 amide bonds. The van der Waals surface area contributed by atoms with Crippen molar-refractivity contribution < 1.29 is 4.79 Å². The first-order chi connectivity index (χ1) is 9.13. The largest absolute Gasteiger partial charge is 0.313 e. The minimum atomic E-state index is -0.0499. The van der Waals surface area contributed by atoms with Crippen LogP contribution in [0.4, 0.5) is 0 Å². The lowest BCUT2D eigenvalue weighted by Crippen LogP contribution is -2.30. The Labute approximate surface area is 113 Å². The fourth-order valence-electron chi connectivity index (χ4n) is 2.45. The number of pyridine rings is 1. The van der Waals surface area contributed by atoms with Gasteiger partial charge in [-0.1, -0.05) is 13.5 Å². The van der Waals surface area contributed by atoms with E-state index in [1.54, 1.807) is 10.6 Å². The summed E-state index contributed by atoms with van der Waals surface area (Å²) in [7, 11) is 0. The molecule has 0 saturated heterocycles. The van der Waals surface area contributed by atoms with Crippen LogP contribution in [0.25, 0.3) is 0 Å². The summed E-state index contributed by atoms with van der Waals surface area (Å²) < 4.78 is 1.70. The van der Waals surface area contributed by atoms with Gasteiger partial charge < -0.3 is 9.88 Å². The van der Waals surface area contributed by atoms with Crippen LogP contribution in [0, 0.1) is 0 Å². The van der Waals surface area contributed by atoms with Crippen molar-refractivity contribution in [2.75, 3.05) is 13.1 Å². The monoisotopic (exact) mass is 260 g/mol. The van der Waals surface area contributed by atoms with Crippen LogP contribution >= 0.6 is 0 Å². The van der Waals surface area contributed by atoms with Crippen LogP contribution in [-0.4, -0.2) is 23.4 Å². The average Bonchev–Trinajstić information content (AvgIpc) is 2.40. The third-order valence-corrected chi connectivity index (χ3v) is 3.42. The smallest absolute Gasteiger partial charge is 0.251 e. The zero-order valence-corrected chi connectivity index (χ0v) is 11.4. The minimum Gasteiger partial charge on any atom is -0.313 e. The van der Waals surface area contributed by atoms with Crippen LogP contribution in [0.5, 0.6) is 0 Å². The lowest BCUT2D eigenvalue weighted by Gasteiger charge is -2.20. The van der Waals surface area contributed by atoms with Crippen LogP contribution < -0.4 is 10.9 Å². The van der Waals surface area contributed by atoms with Gasteiger partial charge in [0.1, 0.15) is 0 Å². The van der Waals surface area contributed by atoms with Crippen molar-refractivity contribution >= 4 is 5.78 Å². The van der Waals surface area contributed by atoms with Crippen molar-refractivity contribution in [3.8, 4) is 0 Å². The molecule has 102 valence electrons. The Balaban J connectivity index is 2.29. The van der Waals surface area contributed by atoms with E-state index >= 15 is 0 Å². The fourth-order valence-corrected chi connectivity index (χ4v) is 2.45. The second-order valence-corrected chi connectivity index (χ2v) is 4.93. The van der Waals surface area contributed by atoms with Gasteiger partial charge in [0, 0.05) is 36.8 Å². The van der Waals surface area contributed by atoms with Crippen LogP contribution in [0.3, 0.4) is 0 Å². The predicted octanol–water partition coefficient (Wildman–Crippen LogP) is 1.53. The quantitative estimate of drug-likeness (QED) is 0.817. The Morgan fingerprint density at radius 3 is 2.89 bits per heavy atom. The van der Waals surface area contributed by atoms with Gasteiger partial charge in [0.15, 0.2) is 5.78 Å². The molecule has 19 heavy (non-hydrogen) atoms. The van der Waals surface area contributed by atoms with E-state index < -0.39 is 0 Å². The van der Waals surface area contributed by atoms with E-state index in [-0.39, 0.29) is 11.3 Å². The topological polar surface area (TPSA) is 51.1 Å². The third-order valence-electron chi connectivity index (χ3n) is 3.42. The summed E-state index contributed by atoms with van der Waals surface area (Å²) >= 11 is 0. The van der Waals surface area contributed by atoms with Crippen molar-refractivity contribution in [1.82, 2.24) is 9.88 Å².